The highest BCUT2D eigenvalue weighted by atomic mass is 16.6. The van der Waals surface area contributed by atoms with Crippen LogP contribution < -0.4 is 10.6 Å². The van der Waals surface area contributed by atoms with Gasteiger partial charge in [-0.2, -0.15) is 0 Å². The van der Waals surface area contributed by atoms with E-state index in [9.17, 15) is 20.0 Å². The van der Waals surface area contributed by atoms with Crippen molar-refractivity contribution in [2.24, 2.45) is 0 Å². The molecule has 0 radical (unpaired) electrons. The zero-order valence-corrected chi connectivity index (χ0v) is 11.9. The standard InChI is InChI=1S/C14H19N3O4/c1-15-13(18)10-4-5-11(12(8-10)17(20)21)16-9-14(19)6-2-3-7-14/h4-5,8,16,19H,2-3,6-7,9H2,1H3,(H,15,18). The minimum Gasteiger partial charge on any atom is -0.388 e. The smallest absolute Gasteiger partial charge is 0.293 e. The van der Waals surface area contributed by atoms with Crippen LogP contribution in [-0.4, -0.2) is 35.1 Å². The fourth-order valence-corrected chi connectivity index (χ4v) is 2.59. The molecule has 0 spiro atoms. The van der Waals surface area contributed by atoms with Crippen LogP contribution in [0.2, 0.25) is 0 Å². The minimum absolute atomic E-state index is 0.169. The van der Waals surface area contributed by atoms with Gasteiger partial charge in [0.1, 0.15) is 5.69 Å². The van der Waals surface area contributed by atoms with Gasteiger partial charge in [-0.05, 0) is 25.0 Å². The Balaban J connectivity index is 2.18. The van der Waals surface area contributed by atoms with Gasteiger partial charge in [0.2, 0.25) is 0 Å². The number of rotatable bonds is 5. The number of nitro groups is 1. The van der Waals surface area contributed by atoms with Gasteiger partial charge in [-0.1, -0.05) is 12.8 Å². The molecule has 0 unspecified atom stereocenters. The van der Waals surface area contributed by atoms with Crippen LogP contribution in [0.3, 0.4) is 0 Å². The normalized spacial score (nSPS) is 16.5. The molecule has 1 aromatic rings. The summed E-state index contributed by atoms with van der Waals surface area (Å²) in [6, 6.07) is 4.26. The van der Waals surface area contributed by atoms with Gasteiger partial charge in [-0.15, -0.1) is 0 Å². The molecule has 1 aliphatic carbocycles. The Kier molecular flexibility index (Phi) is 4.42. The summed E-state index contributed by atoms with van der Waals surface area (Å²) in [5, 5.41) is 26.8. The first-order valence-electron chi connectivity index (χ1n) is 6.92. The number of nitrogens with one attached hydrogen (secondary N) is 2. The maximum absolute atomic E-state index is 11.5. The Morgan fingerprint density at radius 2 is 2.10 bits per heavy atom. The second kappa shape index (κ2) is 6.09. The summed E-state index contributed by atoms with van der Waals surface area (Å²) in [6.07, 6.45) is 3.33. The molecule has 1 fully saturated rings. The molecule has 0 saturated heterocycles. The van der Waals surface area contributed by atoms with Crippen LogP contribution in [-0.2, 0) is 0 Å². The topological polar surface area (TPSA) is 104 Å². The molecule has 0 aliphatic heterocycles. The first-order valence-corrected chi connectivity index (χ1v) is 6.92. The van der Waals surface area contributed by atoms with E-state index in [0.29, 0.717) is 18.5 Å². The van der Waals surface area contributed by atoms with E-state index < -0.39 is 10.5 Å². The molecule has 0 heterocycles. The van der Waals surface area contributed by atoms with Crippen LogP contribution >= 0.6 is 0 Å². The molecule has 1 saturated carbocycles. The Morgan fingerprint density at radius 3 is 2.67 bits per heavy atom. The van der Waals surface area contributed by atoms with Gasteiger partial charge in [0.25, 0.3) is 11.6 Å². The summed E-state index contributed by atoms with van der Waals surface area (Å²) in [5.74, 6) is -0.376. The molecule has 1 aliphatic rings. The monoisotopic (exact) mass is 293 g/mol. The second-order valence-corrected chi connectivity index (χ2v) is 5.35. The van der Waals surface area contributed by atoms with Crippen molar-refractivity contribution < 1.29 is 14.8 Å². The largest absolute Gasteiger partial charge is 0.388 e. The molecular weight excluding hydrogens is 274 g/mol. The second-order valence-electron chi connectivity index (χ2n) is 5.35. The third kappa shape index (κ3) is 3.49. The number of anilines is 1. The lowest BCUT2D eigenvalue weighted by atomic mass is 10.0. The fraction of sp³-hybridized carbons (Fsp3) is 0.500. The van der Waals surface area contributed by atoms with E-state index in [1.807, 2.05) is 0 Å². The Hall–Kier alpha value is -2.15. The van der Waals surface area contributed by atoms with E-state index in [0.717, 1.165) is 12.8 Å². The van der Waals surface area contributed by atoms with Crippen molar-refractivity contribution in [1.82, 2.24) is 5.32 Å². The van der Waals surface area contributed by atoms with Crippen molar-refractivity contribution in [3.8, 4) is 0 Å². The number of amides is 1. The summed E-state index contributed by atoms with van der Waals surface area (Å²) in [5.41, 5.74) is -0.423. The summed E-state index contributed by atoms with van der Waals surface area (Å²) < 4.78 is 0. The van der Waals surface area contributed by atoms with Crippen molar-refractivity contribution >= 4 is 17.3 Å². The lowest BCUT2D eigenvalue weighted by molar-refractivity contribution is -0.384. The van der Waals surface area contributed by atoms with Gasteiger partial charge in [-0.3, -0.25) is 14.9 Å². The van der Waals surface area contributed by atoms with Gasteiger partial charge in [0.05, 0.1) is 10.5 Å². The Morgan fingerprint density at radius 1 is 1.43 bits per heavy atom. The summed E-state index contributed by atoms with van der Waals surface area (Å²) in [6.45, 7) is 0.271. The molecule has 21 heavy (non-hydrogen) atoms. The van der Waals surface area contributed by atoms with Crippen molar-refractivity contribution in [3.05, 3.63) is 33.9 Å². The predicted octanol–water partition coefficient (Wildman–Crippen LogP) is 1.67. The molecule has 0 bridgehead atoms. The Labute approximate surface area is 122 Å². The molecule has 1 aromatic carbocycles. The number of carbonyl (C=O) groups excluding carboxylic acids is 1. The third-order valence-corrected chi connectivity index (χ3v) is 3.83. The maximum atomic E-state index is 11.5. The zero-order valence-electron chi connectivity index (χ0n) is 11.9. The molecule has 7 nitrogen and oxygen atoms in total. The highest BCUT2D eigenvalue weighted by Gasteiger charge is 2.31. The van der Waals surface area contributed by atoms with E-state index in [4.69, 9.17) is 0 Å². The number of hydrogen-bond acceptors (Lipinski definition) is 5. The zero-order chi connectivity index (χ0) is 15.5. The van der Waals surface area contributed by atoms with E-state index >= 15 is 0 Å². The molecule has 114 valence electrons. The van der Waals surface area contributed by atoms with Crippen LogP contribution in [0, 0.1) is 10.1 Å². The third-order valence-electron chi connectivity index (χ3n) is 3.83. The number of benzene rings is 1. The van der Waals surface area contributed by atoms with Gasteiger partial charge in [-0.25, -0.2) is 0 Å². The Bertz CT molecular complexity index is 553. The summed E-state index contributed by atoms with van der Waals surface area (Å²) >= 11 is 0. The number of carbonyl (C=O) groups is 1. The summed E-state index contributed by atoms with van der Waals surface area (Å²) in [7, 11) is 1.47. The lowest BCUT2D eigenvalue weighted by Crippen LogP contribution is -2.33. The quantitative estimate of drug-likeness (QED) is 0.566. The van der Waals surface area contributed by atoms with E-state index in [1.165, 1.54) is 25.2 Å². The van der Waals surface area contributed by atoms with Crippen molar-refractivity contribution in [1.29, 1.82) is 0 Å². The van der Waals surface area contributed by atoms with E-state index in [2.05, 4.69) is 10.6 Å². The number of nitrogens with zero attached hydrogens (tertiary/aromatic N) is 1. The molecule has 7 heteroatoms. The number of aliphatic hydroxyl groups is 1. The van der Waals surface area contributed by atoms with E-state index in [1.54, 1.807) is 0 Å². The predicted molar refractivity (Wildman–Crippen MR) is 78.4 cm³/mol. The highest BCUT2D eigenvalue weighted by molar-refractivity contribution is 5.95. The lowest BCUT2D eigenvalue weighted by Gasteiger charge is -2.23. The molecule has 2 rings (SSSR count). The SMILES string of the molecule is CNC(=O)c1ccc(NCC2(O)CCCC2)c([N+](=O)[O-])c1. The van der Waals surface area contributed by atoms with E-state index in [-0.39, 0.29) is 23.7 Å². The summed E-state index contributed by atoms with van der Waals surface area (Å²) in [4.78, 5) is 22.1. The highest BCUT2D eigenvalue weighted by Crippen LogP contribution is 2.31. The van der Waals surface area contributed by atoms with Gasteiger partial charge >= 0.3 is 0 Å². The molecule has 1 amide bonds. The van der Waals surface area contributed by atoms with Crippen molar-refractivity contribution in [2.75, 3.05) is 18.9 Å². The van der Waals surface area contributed by atoms with Crippen LogP contribution in [0.5, 0.6) is 0 Å². The molecule has 3 N–H and O–H groups in total. The maximum Gasteiger partial charge on any atom is 0.293 e. The first kappa shape index (κ1) is 15.2. The van der Waals surface area contributed by atoms with Crippen molar-refractivity contribution in [3.63, 3.8) is 0 Å². The van der Waals surface area contributed by atoms with Crippen molar-refractivity contribution in [2.45, 2.75) is 31.3 Å². The average Bonchev–Trinajstić information content (AvgIpc) is 2.91. The minimum atomic E-state index is -0.798. The number of nitro benzene ring substituents is 1. The first-order chi connectivity index (χ1) is 9.95. The van der Waals surface area contributed by atoms with Gasteiger partial charge < -0.3 is 15.7 Å². The van der Waals surface area contributed by atoms with Crippen LogP contribution in [0.25, 0.3) is 0 Å². The average molecular weight is 293 g/mol. The molecule has 0 atom stereocenters. The van der Waals surface area contributed by atoms with Crippen LogP contribution in [0.1, 0.15) is 36.0 Å². The van der Waals surface area contributed by atoms with Crippen LogP contribution in [0.15, 0.2) is 18.2 Å². The van der Waals surface area contributed by atoms with Crippen LogP contribution in [0.4, 0.5) is 11.4 Å². The number of hydrogen-bond donors (Lipinski definition) is 3. The van der Waals surface area contributed by atoms with Gasteiger partial charge in [0.15, 0.2) is 0 Å². The molecular formula is C14H19N3O4. The fourth-order valence-electron chi connectivity index (χ4n) is 2.59. The van der Waals surface area contributed by atoms with Gasteiger partial charge in [0, 0.05) is 25.2 Å². The molecule has 0 aromatic heterocycles.